The predicted octanol–water partition coefficient (Wildman–Crippen LogP) is 4.46. The van der Waals surface area contributed by atoms with Gasteiger partial charge in [-0.05, 0) is 31.9 Å². The Labute approximate surface area is 151 Å². The van der Waals surface area contributed by atoms with Crippen molar-refractivity contribution in [1.29, 1.82) is 0 Å². The molecule has 2 heterocycles. The number of rotatable bonds is 4. The molecule has 1 N–H and O–H groups in total. The van der Waals surface area contributed by atoms with E-state index in [1.807, 2.05) is 12.3 Å². The van der Waals surface area contributed by atoms with E-state index in [1.165, 1.54) is 17.4 Å². The molecule has 0 unspecified atom stereocenters. The van der Waals surface area contributed by atoms with Crippen molar-refractivity contribution in [2.75, 3.05) is 23.3 Å². The average molecular weight is 386 g/mol. The number of anilines is 2. The maximum atomic E-state index is 12.8. The van der Waals surface area contributed by atoms with Gasteiger partial charge in [-0.2, -0.15) is 13.2 Å². The van der Waals surface area contributed by atoms with Crippen LogP contribution < -0.4 is 10.2 Å². The lowest BCUT2D eigenvalue weighted by atomic mass is 10.0. The van der Waals surface area contributed by atoms with Crippen LogP contribution in [0.1, 0.15) is 24.1 Å². The van der Waals surface area contributed by atoms with Gasteiger partial charge in [-0.3, -0.25) is 10.1 Å². The van der Waals surface area contributed by atoms with Crippen LogP contribution in [0.3, 0.4) is 0 Å². The third-order valence-corrected chi connectivity index (χ3v) is 5.17. The van der Waals surface area contributed by atoms with Gasteiger partial charge in [-0.25, -0.2) is 4.98 Å². The highest BCUT2D eigenvalue weighted by atomic mass is 32.1. The fourth-order valence-corrected chi connectivity index (χ4v) is 3.74. The van der Waals surface area contributed by atoms with Crippen LogP contribution in [-0.2, 0) is 6.18 Å². The van der Waals surface area contributed by atoms with Gasteiger partial charge in [0.15, 0.2) is 5.13 Å². The van der Waals surface area contributed by atoms with Crippen molar-refractivity contribution in [3.63, 3.8) is 0 Å². The lowest BCUT2D eigenvalue weighted by Crippen LogP contribution is -2.39. The van der Waals surface area contributed by atoms with Crippen molar-refractivity contribution in [3.05, 3.63) is 45.0 Å². The molecule has 1 aliphatic rings. The molecule has 0 saturated carbocycles. The number of benzene rings is 1. The van der Waals surface area contributed by atoms with Crippen LogP contribution in [0.2, 0.25) is 0 Å². The summed E-state index contributed by atoms with van der Waals surface area (Å²) in [5.74, 6) is 0. The van der Waals surface area contributed by atoms with Crippen LogP contribution in [0.25, 0.3) is 0 Å². The summed E-state index contributed by atoms with van der Waals surface area (Å²) in [5.41, 5.74) is -0.354. The number of nitro benzene ring substituents is 1. The zero-order valence-corrected chi connectivity index (χ0v) is 14.7. The van der Waals surface area contributed by atoms with Gasteiger partial charge in [0.1, 0.15) is 5.69 Å². The molecule has 0 radical (unpaired) electrons. The second-order valence-corrected chi connectivity index (χ2v) is 7.02. The quantitative estimate of drug-likeness (QED) is 0.621. The molecule has 10 heteroatoms. The molecule has 1 saturated heterocycles. The van der Waals surface area contributed by atoms with E-state index in [0.717, 1.165) is 29.7 Å². The first-order valence-corrected chi connectivity index (χ1v) is 8.91. The molecule has 0 spiro atoms. The van der Waals surface area contributed by atoms with Gasteiger partial charge in [0.2, 0.25) is 0 Å². The first kappa shape index (κ1) is 18.4. The number of hydrogen-bond donors (Lipinski definition) is 1. The molecule has 0 bridgehead atoms. The number of hydrogen-bond acceptors (Lipinski definition) is 6. The highest BCUT2D eigenvalue weighted by Gasteiger charge is 2.34. The summed E-state index contributed by atoms with van der Waals surface area (Å²) in [7, 11) is 0. The second-order valence-electron chi connectivity index (χ2n) is 6.16. The smallest absolute Gasteiger partial charge is 0.366 e. The number of halogens is 3. The standard InChI is InChI=1S/C16H17F3N4O2S/c1-10-9-26-15(20-10)21-12-4-6-22(7-5-12)13-3-2-11(16(17,18)19)8-14(13)23(24)25/h2-3,8-9,12H,4-7H2,1H3,(H,20,21). The number of nitrogens with one attached hydrogen (secondary N) is 1. The zero-order chi connectivity index (χ0) is 18.9. The van der Waals surface area contributed by atoms with E-state index in [-0.39, 0.29) is 11.7 Å². The van der Waals surface area contributed by atoms with Gasteiger partial charge in [0.05, 0.1) is 16.2 Å². The van der Waals surface area contributed by atoms with Gasteiger partial charge in [-0.15, -0.1) is 11.3 Å². The molecule has 6 nitrogen and oxygen atoms in total. The first-order chi connectivity index (χ1) is 12.2. The average Bonchev–Trinajstić information content (AvgIpc) is 2.99. The van der Waals surface area contributed by atoms with Crippen LogP contribution in [0, 0.1) is 17.0 Å². The summed E-state index contributed by atoms with van der Waals surface area (Å²) in [4.78, 5) is 16.6. The van der Waals surface area contributed by atoms with E-state index in [2.05, 4.69) is 10.3 Å². The number of alkyl halides is 3. The van der Waals surface area contributed by atoms with Gasteiger partial charge in [0.25, 0.3) is 5.69 Å². The Hall–Kier alpha value is -2.36. The summed E-state index contributed by atoms with van der Waals surface area (Å²) in [6.07, 6.45) is -3.17. The molecular formula is C16H17F3N4O2S. The Morgan fingerprint density at radius 2 is 2.04 bits per heavy atom. The largest absolute Gasteiger partial charge is 0.416 e. The molecule has 1 aromatic carbocycles. The molecule has 1 aliphatic heterocycles. The molecule has 26 heavy (non-hydrogen) atoms. The Bertz CT molecular complexity index is 801. The summed E-state index contributed by atoms with van der Waals surface area (Å²) >= 11 is 1.52. The van der Waals surface area contributed by atoms with E-state index in [1.54, 1.807) is 4.90 Å². The number of nitrogens with zero attached hydrogens (tertiary/aromatic N) is 3. The molecular weight excluding hydrogens is 369 g/mol. The predicted molar refractivity (Wildman–Crippen MR) is 93.8 cm³/mol. The molecule has 3 rings (SSSR count). The van der Waals surface area contributed by atoms with Gasteiger partial charge >= 0.3 is 6.18 Å². The van der Waals surface area contributed by atoms with Crippen molar-refractivity contribution >= 4 is 27.8 Å². The molecule has 140 valence electrons. The fraction of sp³-hybridized carbons (Fsp3) is 0.438. The van der Waals surface area contributed by atoms with E-state index in [0.29, 0.717) is 19.2 Å². The van der Waals surface area contributed by atoms with E-state index in [4.69, 9.17) is 0 Å². The number of piperidine rings is 1. The Balaban J connectivity index is 1.71. The SMILES string of the molecule is Cc1csc(NC2CCN(c3ccc(C(F)(F)F)cc3[N+](=O)[O-])CC2)n1. The summed E-state index contributed by atoms with van der Waals surface area (Å²) in [6.45, 7) is 2.95. The highest BCUT2D eigenvalue weighted by molar-refractivity contribution is 7.13. The normalized spacial score (nSPS) is 15.9. The van der Waals surface area contributed by atoms with Crippen molar-refractivity contribution in [2.45, 2.75) is 32.0 Å². The van der Waals surface area contributed by atoms with Crippen molar-refractivity contribution in [2.24, 2.45) is 0 Å². The molecule has 1 aromatic heterocycles. The topological polar surface area (TPSA) is 71.3 Å². The number of aryl methyl sites for hydroxylation is 1. The van der Waals surface area contributed by atoms with Crippen LogP contribution in [-0.4, -0.2) is 29.0 Å². The lowest BCUT2D eigenvalue weighted by molar-refractivity contribution is -0.384. The Morgan fingerprint density at radius 1 is 1.35 bits per heavy atom. The van der Waals surface area contributed by atoms with Crippen molar-refractivity contribution < 1.29 is 18.1 Å². The first-order valence-electron chi connectivity index (χ1n) is 8.03. The lowest BCUT2D eigenvalue weighted by Gasteiger charge is -2.33. The minimum absolute atomic E-state index is 0.185. The second kappa shape index (κ2) is 7.10. The van der Waals surface area contributed by atoms with Crippen molar-refractivity contribution in [3.8, 4) is 0 Å². The van der Waals surface area contributed by atoms with Crippen LogP contribution >= 0.6 is 11.3 Å². The Kier molecular flexibility index (Phi) is 5.03. The molecule has 0 aliphatic carbocycles. The third kappa shape index (κ3) is 4.06. The maximum absolute atomic E-state index is 12.8. The van der Waals surface area contributed by atoms with E-state index >= 15 is 0 Å². The van der Waals surface area contributed by atoms with Gasteiger partial charge in [0, 0.05) is 30.6 Å². The van der Waals surface area contributed by atoms with E-state index < -0.39 is 22.4 Å². The minimum Gasteiger partial charge on any atom is -0.366 e. The van der Waals surface area contributed by atoms with Gasteiger partial charge < -0.3 is 10.2 Å². The molecule has 2 aromatic rings. The summed E-state index contributed by atoms with van der Waals surface area (Å²) < 4.78 is 38.4. The summed E-state index contributed by atoms with van der Waals surface area (Å²) in [5, 5.41) is 17.4. The highest BCUT2D eigenvalue weighted by Crippen LogP contribution is 2.37. The van der Waals surface area contributed by atoms with Crippen LogP contribution in [0.15, 0.2) is 23.6 Å². The van der Waals surface area contributed by atoms with Crippen LogP contribution in [0.5, 0.6) is 0 Å². The van der Waals surface area contributed by atoms with Crippen molar-refractivity contribution in [1.82, 2.24) is 4.98 Å². The summed E-state index contributed by atoms with van der Waals surface area (Å²) in [6, 6.07) is 2.88. The molecule has 0 atom stereocenters. The third-order valence-electron chi connectivity index (χ3n) is 4.28. The monoisotopic (exact) mass is 386 g/mol. The van der Waals surface area contributed by atoms with Gasteiger partial charge in [-0.1, -0.05) is 0 Å². The number of aromatic nitrogens is 1. The minimum atomic E-state index is -4.61. The fourth-order valence-electron chi connectivity index (χ4n) is 2.97. The Morgan fingerprint density at radius 3 is 2.58 bits per heavy atom. The van der Waals surface area contributed by atoms with E-state index in [9.17, 15) is 23.3 Å². The van der Waals surface area contributed by atoms with Crippen LogP contribution in [0.4, 0.5) is 29.7 Å². The maximum Gasteiger partial charge on any atom is 0.416 e. The molecule has 0 amide bonds. The molecule has 1 fully saturated rings. The zero-order valence-electron chi connectivity index (χ0n) is 13.9. The number of thiazole rings is 1. The number of nitro groups is 1.